The molecule has 0 saturated heterocycles. The van der Waals surface area contributed by atoms with E-state index in [-0.39, 0.29) is 23.2 Å². The minimum absolute atomic E-state index is 0.133. The van der Waals surface area contributed by atoms with Crippen LogP contribution < -0.4 is 0 Å². The van der Waals surface area contributed by atoms with Gasteiger partial charge in [0.05, 0.1) is 12.2 Å². The average molecular weight is 348 g/mol. The molecule has 3 saturated carbocycles. The van der Waals surface area contributed by atoms with Gasteiger partial charge in [-0.05, 0) is 74.2 Å². The van der Waals surface area contributed by atoms with Crippen LogP contribution in [0.4, 0.5) is 0 Å². The maximum atomic E-state index is 11.9. The molecule has 0 amide bonds. The van der Waals surface area contributed by atoms with Gasteiger partial charge in [0.1, 0.15) is 6.10 Å². The van der Waals surface area contributed by atoms with Gasteiger partial charge < -0.3 is 15.3 Å². The van der Waals surface area contributed by atoms with Crippen molar-refractivity contribution in [1.82, 2.24) is 0 Å². The summed E-state index contributed by atoms with van der Waals surface area (Å²) in [5.41, 5.74) is 0.00120. The van der Waals surface area contributed by atoms with Gasteiger partial charge in [-0.15, -0.1) is 0 Å². The SMILES string of the molecule is C[C@]12CCC(=O)C=C1CC[C@@H]1[C@H]2CC[C@@]2(C)[C@H]1CC[C@@]2(O)[C@@H](O)CO. The molecule has 4 rings (SSSR count). The second kappa shape index (κ2) is 5.64. The van der Waals surface area contributed by atoms with E-state index in [1.165, 1.54) is 5.57 Å². The van der Waals surface area contributed by atoms with Crippen LogP contribution >= 0.6 is 0 Å². The number of fused-ring (bicyclic) bond motifs is 5. The summed E-state index contributed by atoms with van der Waals surface area (Å²) in [6, 6.07) is 0. The molecule has 0 heterocycles. The highest BCUT2D eigenvalue weighted by Gasteiger charge is 2.65. The number of hydrogen-bond acceptors (Lipinski definition) is 4. The monoisotopic (exact) mass is 348 g/mol. The number of carbonyl (C=O) groups is 1. The van der Waals surface area contributed by atoms with Crippen LogP contribution in [0, 0.1) is 28.6 Å². The van der Waals surface area contributed by atoms with Gasteiger partial charge in [-0.3, -0.25) is 4.79 Å². The largest absolute Gasteiger partial charge is 0.394 e. The molecule has 0 aromatic rings. The number of aliphatic hydroxyl groups is 3. The first kappa shape index (κ1) is 17.7. The molecule has 3 fully saturated rings. The summed E-state index contributed by atoms with van der Waals surface area (Å²) in [6.45, 7) is 4.12. The van der Waals surface area contributed by atoms with Crippen LogP contribution in [0.15, 0.2) is 11.6 Å². The fraction of sp³-hybridized carbons (Fsp3) is 0.857. The van der Waals surface area contributed by atoms with E-state index in [4.69, 9.17) is 0 Å². The third-order valence-corrected chi connectivity index (χ3v) is 8.90. The van der Waals surface area contributed by atoms with Crippen molar-refractivity contribution in [1.29, 1.82) is 0 Å². The zero-order valence-electron chi connectivity index (χ0n) is 15.5. The standard InChI is InChI=1S/C21H32O4/c1-19-8-5-14(23)11-13(19)3-4-15-16(19)6-9-20(2)17(15)7-10-21(20,25)18(24)12-22/h11,15-18,22,24-25H,3-10,12H2,1-2H3/t15-,16-,17+,18+,19+,20+,21-/m1/s1. The van der Waals surface area contributed by atoms with E-state index in [2.05, 4.69) is 13.8 Å². The summed E-state index contributed by atoms with van der Waals surface area (Å²) < 4.78 is 0. The van der Waals surface area contributed by atoms with Gasteiger partial charge in [-0.25, -0.2) is 0 Å². The summed E-state index contributed by atoms with van der Waals surface area (Å²) in [7, 11) is 0. The molecule has 4 aliphatic carbocycles. The molecular weight excluding hydrogens is 316 g/mol. The maximum absolute atomic E-state index is 11.9. The number of ketones is 1. The molecule has 4 aliphatic rings. The lowest BCUT2D eigenvalue weighted by Gasteiger charge is -2.59. The molecule has 25 heavy (non-hydrogen) atoms. The molecule has 0 radical (unpaired) electrons. The van der Waals surface area contributed by atoms with Crippen LogP contribution in [0.5, 0.6) is 0 Å². The third-order valence-electron chi connectivity index (χ3n) is 8.90. The van der Waals surface area contributed by atoms with Crippen LogP contribution in [-0.4, -0.2) is 39.4 Å². The third kappa shape index (κ3) is 2.20. The van der Waals surface area contributed by atoms with Crippen molar-refractivity contribution in [2.24, 2.45) is 28.6 Å². The van der Waals surface area contributed by atoms with Crippen molar-refractivity contribution in [2.45, 2.75) is 76.9 Å². The van der Waals surface area contributed by atoms with Crippen LogP contribution in [0.2, 0.25) is 0 Å². The highest BCUT2D eigenvalue weighted by molar-refractivity contribution is 5.91. The predicted molar refractivity (Wildman–Crippen MR) is 94.8 cm³/mol. The Balaban J connectivity index is 1.67. The lowest BCUT2D eigenvalue weighted by molar-refractivity contribution is -0.184. The molecule has 4 nitrogen and oxygen atoms in total. The molecule has 7 atom stereocenters. The summed E-state index contributed by atoms with van der Waals surface area (Å²) in [5, 5.41) is 31.1. The molecule has 0 unspecified atom stereocenters. The lowest BCUT2D eigenvalue weighted by Crippen LogP contribution is -2.59. The van der Waals surface area contributed by atoms with E-state index in [1.54, 1.807) is 0 Å². The van der Waals surface area contributed by atoms with E-state index in [1.807, 2.05) is 6.08 Å². The first-order chi connectivity index (χ1) is 11.8. The molecule has 140 valence electrons. The summed E-state index contributed by atoms with van der Waals surface area (Å²) in [4.78, 5) is 11.9. The Bertz CT molecular complexity index is 613. The minimum Gasteiger partial charge on any atom is -0.394 e. The number of allylic oxidation sites excluding steroid dienone is 1. The molecule has 3 N–H and O–H groups in total. The summed E-state index contributed by atoms with van der Waals surface area (Å²) in [5.74, 6) is 1.81. The van der Waals surface area contributed by atoms with Crippen molar-refractivity contribution < 1.29 is 20.1 Å². The van der Waals surface area contributed by atoms with E-state index in [0.717, 1.165) is 38.5 Å². The second-order valence-corrected chi connectivity index (χ2v) is 9.59. The molecule has 0 aromatic carbocycles. The van der Waals surface area contributed by atoms with Crippen molar-refractivity contribution in [3.63, 3.8) is 0 Å². The first-order valence-corrected chi connectivity index (χ1v) is 10.0. The number of carbonyl (C=O) groups excluding carboxylic acids is 1. The smallest absolute Gasteiger partial charge is 0.155 e. The molecular formula is C21H32O4. The molecule has 4 heteroatoms. The van der Waals surface area contributed by atoms with Crippen molar-refractivity contribution in [2.75, 3.05) is 6.61 Å². The van der Waals surface area contributed by atoms with Crippen LogP contribution in [0.25, 0.3) is 0 Å². The Labute approximate surface area is 150 Å². The topological polar surface area (TPSA) is 77.8 Å². The van der Waals surface area contributed by atoms with E-state index < -0.39 is 11.7 Å². The Morgan fingerprint density at radius 3 is 2.56 bits per heavy atom. The average Bonchev–Trinajstić information content (AvgIpc) is 2.87. The summed E-state index contributed by atoms with van der Waals surface area (Å²) >= 11 is 0. The highest BCUT2D eigenvalue weighted by atomic mass is 16.4. The molecule has 0 aromatic heterocycles. The predicted octanol–water partition coefficient (Wildman–Crippen LogP) is 2.60. The van der Waals surface area contributed by atoms with Crippen molar-refractivity contribution in [3.05, 3.63) is 11.6 Å². The molecule has 0 bridgehead atoms. The van der Waals surface area contributed by atoms with Crippen molar-refractivity contribution >= 4 is 5.78 Å². The quantitative estimate of drug-likeness (QED) is 0.717. The minimum atomic E-state index is -1.17. The Kier molecular flexibility index (Phi) is 3.99. The number of rotatable bonds is 2. The lowest BCUT2D eigenvalue weighted by atomic mass is 9.46. The van der Waals surface area contributed by atoms with E-state index in [9.17, 15) is 20.1 Å². The normalized spacial score (nSPS) is 50.5. The summed E-state index contributed by atoms with van der Waals surface area (Å²) in [6.07, 6.45) is 8.03. The Hall–Kier alpha value is -0.710. The fourth-order valence-electron chi connectivity index (χ4n) is 7.31. The Morgan fingerprint density at radius 2 is 1.84 bits per heavy atom. The molecule has 0 spiro atoms. The highest BCUT2D eigenvalue weighted by Crippen LogP contribution is 2.67. The van der Waals surface area contributed by atoms with Gasteiger partial charge in [0.2, 0.25) is 0 Å². The number of hydrogen-bond donors (Lipinski definition) is 3. The van der Waals surface area contributed by atoms with E-state index >= 15 is 0 Å². The fourth-order valence-corrected chi connectivity index (χ4v) is 7.31. The van der Waals surface area contributed by atoms with Gasteiger partial charge in [-0.1, -0.05) is 19.4 Å². The van der Waals surface area contributed by atoms with Gasteiger partial charge in [0.15, 0.2) is 5.78 Å². The van der Waals surface area contributed by atoms with Gasteiger partial charge >= 0.3 is 0 Å². The van der Waals surface area contributed by atoms with E-state index in [0.29, 0.717) is 30.6 Å². The molecule has 0 aliphatic heterocycles. The zero-order chi connectivity index (χ0) is 18.0. The van der Waals surface area contributed by atoms with Crippen LogP contribution in [0.1, 0.15) is 65.2 Å². The van der Waals surface area contributed by atoms with Crippen molar-refractivity contribution in [3.8, 4) is 0 Å². The first-order valence-electron chi connectivity index (χ1n) is 10.0. The zero-order valence-corrected chi connectivity index (χ0v) is 15.5. The Morgan fingerprint density at radius 1 is 1.12 bits per heavy atom. The maximum Gasteiger partial charge on any atom is 0.155 e. The van der Waals surface area contributed by atoms with Crippen LogP contribution in [0.3, 0.4) is 0 Å². The number of aliphatic hydroxyl groups excluding tert-OH is 2. The van der Waals surface area contributed by atoms with Crippen LogP contribution in [-0.2, 0) is 4.79 Å². The second-order valence-electron chi connectivity index (χ2n) is 9.59. The van der Waals surface area contributed by atoms with Gasteiger partial charge in [0.25, 0.3) is 0 Å². The van der Waals surface area contributed by atoms with Gasteiger partial charge in [0, 0.05) is 11.8 Å². The van der Waals surface area contributed by atoms with Gasteiger partial charge in [-0.2, -0.15) is 0 Å².